The Labute approximate surface area is 98.6 Å². The minimum absolute atomic E-state index is 0.0555. The SMILES string of the molecule is CC(C)(C)[Si](C)(C)OCc1ccc(CO)o1. The molecule has 16 heavy (non-hydrogen) atoms. The van der Waals surface area contributed by atoms with E-state index in [1.807, 2.05) is 6.07 Å². The van der Waals surface area contributed by atoms with Crippen LogP contribution in [0.3, 0.4) is 0 Å². The highest BCUT2D eigenvalue weighted by atomic mass is 28.4. The molecule has 0 amide bonds. The van der Waals surface area contributed by atoms with Gasteiger partial charge in [0.2, 0.25) is 0 Å². The van der Waals surface area contributed by atoms with Crippen molar-refractivity contribution in [2.75, 3.05) is 0 Å². The van der Waals surface area contributed by atoms with E-state index in [0.717, 1.165) is 5.76 Å². The minimum atomic E-state index is -1.71. The third-order valence-electron chi connectivity index (χ3n) is 3.25. The monoisotopic (exact) mass is 242 g/mol. The molecular weight excluding hydrogens is 220 g/mol. The van der Waals surface area contributed by atoms with E-state index in [0.29, 0.717) is 12.4 Å². The topological polar surface area (TPSA) is 42.6 Å². The van der Waals surface area contributed by atoms with Gasteiger partial charge in [-0.2, -0.15) is 0 Å². The lowest BCUT2D eigenvalue weighted by Crippen LogP contribution is -2.40. The summed E-state index contributed by atoms with van der Waals surface area (Å²) in [4.78, 5) is 0. The lowest BCUT2D eigenvalue weighted by molar-refractivity contribution is 0.216. The molecule has 1 rings (SSSR count). The van der Waals surface area contributed by atoms with Gasteiger partial charge in [0.05, 0.1) is 6.61 Å². The maximum absolute atomic E-state index is 8.88. The van der Waals surface area contributed by atoms with Crippen molar-refractivity contribution in [2.45, 2.75) is 52.1 Å². The molecule has 0 radical (unpaired) electrons. The number of aliphatic hydroxyl groups excluding tert-OH is 1. The summed E-state index contributed by atoms with van der Waals surface area (Å²) >= 11 is 0. The second kappa shape index (κ2) is 4.73. The molecule has 1 N–H and O–H groups in total. The fourth-order valence-corrected chi connectivity index (χ4v) is 1.99. The molecule has 0 saturated heterocycles. The van der Waals surface area contributed by atoms with Crippen LogP contribution in [0.15, 0.2) is 16.5 Å². The summed E-state index contributed by atoms with van der Waals surface area (Å²) in [6, 6.07) is 3.64. The minimum Gasteiger partial charge on any atom is -0.461 e. The van der Waals surface area contributed by atoms with Gasteiger partial charge in [0, 0.05) is 0 Å². The van der Waals surface area contributed by atoms with Crippen LogP contribution in [0.5, 0.6) is 0 Å². The maximum Gasteiger partial charge on any atom is 0.192 e. The second-order valence-corrected chi connectivity index (χ2v) is 10.4. The number of furan rings is 1. The Morgan fingerprint density at radius 2 is 1.81 bits per heavy atom. The average Bonchev–Trinajstić information content (AvgIpc) is 2.60. The summed E-state index contributed by atoms with van der Waals surface area (Å²) in [5.74, 6) is 1.38. The van der Waals surface area contributed by atoms with E-state index in [1.165, 1.54) is 0 Å². The summed E-state index contributed by atoms with van der Waals surface area (Å²) in [5.41, 5.74) is 0. The summed E-state index contributed by atoms with van der Waals surface area (Å²) in [5, 5.41) is 9.09. The van der Waals surface area contributed by atoms with Crippen LogP contribution in [0.25, 0.3) is 0 Å². The van der Waals surface area contributed by atoms with Crippen LogP contribution in [0, 0.1) is 0 Å². The highest BCUT2D eigenvalue weighted by molar-refractivity contribution is 6.74. The van der Waals surface area contributed by atoms with E-state index < -0.39 is 8.32 Å². The summed E-state index contributed by atoms with van der Waals surface area (Å²) in [7, 11) is -1.71. The quantitative estimate of drug-likeness (QED) is 0.824. The Kier molecular flexibility index (Phi) is 3.99. The molecule has 0 spiro atoms. The van der Waals surface area contributed by atoms with Crippen molar-refractivity contribution in [3.05, 3.63) is 23.7 Å². The fraction of sp³-hybridized carbons (Fsp3) is 0.667. The first kappa shape index (κ1) is 13.5. The number of hydrogen-bond acceptors (Lipinski definition) is 3. The first-order valence-corrected chi connectivity index (χ1v) is 8.49. The first-order valence-electron chi connectivity index (χ1n) is 5.59. The van der Waals surface area contributed by atoms with Gasteiger partial charge in [-0.3, -0.25) is 0 Å². The van der Waals surface area contributed by atoms with Gasteiger partial charge in [-0.25, -0.2) is 0 Å². The second-order valence-electron chi connectivity index (χ2n) is 5.58. The molecule has 0 aliphatic rings. The molecule has 92 valence electrons. The Morgan fingerprint density at radius 1 is 1.25 bits per heavy atom. The van der Waals surface area contributed by atoms with Crippen molar-refractivity contribution in [3.63, 3.8) is 0 Å². The van der Waals surface area contributed by atoms with E-state index in [-0.39, 0.29) is 11.6 Å². The van der Waals surface area contributed by atoms with Crippen molar-refractivity contribution < 1.29 is 13.9 Å². The average molecular weight is 242 g/mol. The standard InChI is InChI=1S/C12H22O3Si/c1-12(2,3)16(4,5)14-9-11-7-6-10(8-13)15-11/h6-7,13H,8-9H2,1-5H3. The predicted octanol–water partition coefficient (Wildman–Crippen LogP) is 3.29. The van der Waals surface area contributed by atoms with Gasteiger partial charge in [-0.15, -0.1) is 0 Å². The first-order chi connectivity index (χ1) is 7.26. The van der Waals surface area contributed by atoms with Crippen molar-refractivity contribution in [2.24, 2.45) is 0 Å². The molecule has 1 aromatic heterocycles. The van der Waals surface area contributed by atoms with Gasteiger partial charge in [-0.05, 0) is 30.3 Å². The normalized spacial score (nSPS) is 13.1. The zero-order valence-electron chi connectivity index (χ0n) is 10.8. The molecule has 0 aliphatic carbocycles. The summed E-state index contributed by atoms with van der Waals surface area (Å²) in [6.45, 7) is 11.5. The van der Waals surface area contributed by atoms with Gasteiger partial charge in [0.15, 0.2) is 8.32 Å². The largest absolute Gasteiger partial charge is 0.461 e. The zero-order chi connectivity index (χ0) is 12.4. The number of rotatable bonds is 4. The van der Waals surface area contributed by atoms with E-state index in [2.05, 4.69) is 33.9 Å². The molecule has 0 atom stereocenters. The van der Waals surface area contributed by atoms with E-state index in [4.69, 9.17) is 13.9 Å². The van der Waals surface area contributed by atoms with Crippen molar-refractivity contribution >= 4 is 8.32 Å². The number of aliphatic hydroxyl groups is 1. The molecule has 1 aromatic rings. The van der Waals surface area contributed by atoms with Crippen LogP contribution in [0.4, 0.5) is 0 Å². The van der Waals surface area contributed by atoms with Crippen molar-refractivity contribution in [3.8, 4) is 0 Å². The highest BCUT2D eigenvalue weighted by Crippen LogP contribution is 2.37. The lowest BCUT2D eigenvalue weighted by Gasteiger charge is -2.35. The molecule has 1 heterocycles. The Morgan fingerprint density at radius 3 is 2.25 bits per heavy atom. The van der Waals surface area contributed by atoms with E-state index in [1.54, 1.807) is 6.07 Å². The van der Waals surface area contributed by atoms with Crippen molar-refractivity contribution in [1.29, 1.82) is 0 Å². The van der Waals surface area contributed by atoms with Gasteiger partial charge in [0.1, 0.15) is 18.1 Å². The van der Waals surface area contributed by atoms with E-state index in [9.17, 15) is 0 Å². The Balaban J connectivity index is 2.57. The highest BCUT2D eigenvalue weighted by Gasteiger charge is 2.37. The molecule has 0 aliphatic heterocycles. The van der Waals surface area contributed by atoms with Crippen LogP contribution in [0.1, 0.15) is 32.3 Å². The predicted molar refractivity (Wildman–Crippen MR) is 66.6 cm³/mol. The maximum atomic E-state index is 8.88. The van der Waals surface area contributed by atoms with Gasteiger partial charge in [0.25, 0.3) is 0 Å². The molecule has 0 fully saturated rings. The molecule has 0 saturated carbocycles. The molecule has 3 nitrogen and oxygen atoms in total. The Hall–Kier alpha value is -0.583. The smallest absolute Gasteiger partial charge is 0.192 e. The summed E-state index contributed by atoms with van der Waals surface area (Å²) < 4.78 is 11.4. The number of hydrogen-bond donors (Lipinski definition) is 1. The van der Waals surface area contributed by atoms with Crippen LogP contribution in [0.2, 0.25) is 18.1 Å². The molecule has 0 unspecified atom stereocenters. The third kappa shape index (κ3) is 3.20. The van der Waals surface area contributed by atoms with Gasteiger partial charge < -0.3 is 13.9 Å². The molecule has 0 bridgehead atoms. The van der Waals surface area contributed by atoms with Crippen LogP contribution in [-0.4, -0.2) is 13.4 Å². The van der Waals surface area contributed by atoms with Crippen LogP contribution >= 0.6 is 0 Å². The van der Waals surface area contributed by atoms with Gasteiger partial charge >= 0.3 is 0 Å². The van der Waals surface area contributed by atoms with Crippen LogP contribution < -0.4 is 0 Å². The molecular formula is C12H22O3Si. The fourth-order valence-electron chi connectivity index (χ4n) is 1.05. The zero-order valence-corrected chi connectivity index (χ0v) is 11.8. The molecule has 0 aromatic carbocycles. The summed E-state index contributed by atoms with van der Waals surface area (Å²) in [6.07, 6.45) is 0. The Bertz CT molecular complexity index is 336. The van der Waals surface area contributed by atoms with Gasteiger partial charge in [-0.1, -0.05) is 20.8 Å². The lowest BCUT2D eigenvalue weighted by atomic mass is 10.2. The third-order valence-corrected chi connectivity index (χ3v) is 7.73. The molecule has 4 heteroatoms. The van der Waals surface area contributed by atoms with E-state index >= 15 is 0 Å². The van der Waals surface area contributed by atoms with Crippen LogP contribution in [-0.2, 0) is 17.6 Å². The van der Waals surface area contributed by atoms with Crippen molar-refractivity contribution in [1.82, 2.24) is 0 Å².